The Labute approximate surface area is 124 Å². The highest BCUT2D eigenvalue weighted by atomic mass is 16.5. The third kappa shape index (κ3) is 3.47. The fourth-order valence-corrected chi connectivity index (χ4v) is 2.24. The first kappa shape index (κ1) is 13.8. The zero-order chi connectivity index (χ0) is 14.5. The Hall–Kier alpha value is -2.20. The van der Waals surface area contributed by atoms with Crippen LogP contribution in [0.1, 0.15) is 17.5 Å². The maximum absolute atomic E-state index is 9.03. The highest BCUT2D eigenvalue weighted by molar-refractivity contribution is 5.55. The van der Waals surface area contributed by atoms with E-state index in [9.17, 15) is 0 Å². The van der Waals surface area contributed by atoms with E-state index in [1.165, 1.54) is 5.56 Å². The molecule has 0 aliphatic carbocycles. The van der Waals surface area contributed by atoms with Crippen LogP contribution in [0.2, 0.25) is 0 Å². The van der Waals surface area contributed by atoms with E-state index in [-0.39, 0.29) is 6.61 Å². The SMILES string of the molecule is OCc1ccc(CNc2ccc3c(c2)OCCCO3)cc1. The molecule has 2 N–H and O–H groups in total. The summed E-state index contributed by atoms with van der Waals surface area (Å²) >= 11 is 0. The largest absolute Gasteiger partial charge is 0.490 e. The topological polar surface area (TPSA) is 50.7 Å². The third-order valence-electron chi connectivity index (χ3n) is 3.45. The van der Waals surface area contributed by atoms with Gasteiger partial charge in [0.1, 0.15) is 0 Å². The molecule has 0 unspecified atom stereocenters. The van der Waals surface area contributed by atoms with E-state index in [1.54, 1.807) is 0 Å². The van der Waals surface area contributed by atoms with Gasteiger partial charge in [-0.25, -0.2) is 0 Å². The van der Waals surface area contributed by atoms with E-state index in [0.717, 1.165) is 35.7 Å². The molecule has 0 amide bonds. The minimum atomic E-state index is 0.0792. The number of aliphatic hydroxyl groups excluding tert-OH is 1. The molecular weight excluding hydrogens is 266 g/mol. The lowest BCUT2D eigenvalue weighted by Gasteiger charge is -2.11. The summed E-state index contributed by atoms with van der Waals surface area (Å²) in [7, 11) is 0. The van der Waals surface area contributed by atoms with Crippen molar-refractivity contribution in [3.05, 3.63) is 53.6 Å². The zero-order valence-electron chi connectivity index (χ0n) is 11.8. The van der Waals surface area contributed by atoms with Crippen LogP contribution < -0.4 is 14.8 Å². The molecule has 2 aromatic rings. The number of hydrogen-bond donors (Lipinski definition) is 2. The van der Waals surface area contributed by atoms with E-state index in [0.29, 0.717) is 13.2 Å². The van der Waals surface area contributed by atoms with Gasteiger partial charge in [-0.1, -0.05) is 24.3 Å². The summed E-state index contributed by atoms with van der Waals surface area (Å²) in [5.74, 6) is 1.61. The van der Waals surface area contributed by atoms with Crippen LogP contribution in [0.25, 0.3) is 0 Å². The van der Waals surface area contributed by atoms with Gasteiger partial charge in [0.15, 0.2) is 11.5 Å². The number of anilines is 1. The van der Waals surface area contributed by atoms with Gasteiger partial charge in [0.05, 0.1) is 19.8 Å². The smallest absolute Gasteiger partial charge is 0.163 e. The molecule has 110 valence electrons. The van der Waals surface area contributed by atoms with Crippen LogP contribution in [-0.4, -0.2) is 18.3 Å². The van der Waals surface area contributed by atoms with Gasteiger partial charge < -0.3 is 19.9 Å². The molecule has 2 aromatic carbocycles. The van der Waals surface area contributed by atoms with Gasteiger partial charge in [0, 0.05) is 24.7 Å². The summed E-state index contributed by atoms with van der Waals surface area (Å²) in [5, 5.41) is 12.4. The Balaban J connectivity index is 1.66. The first-order valence-electron chi connectivity index (χ1n) is 7.17. The molecule has 21 heavy (non-hydrogen) atoms. The highest BCUT2D eigenvalue weighted by Crippen LogP contribution is 2.32. The van der Waals surface area contributed by atoms with Crippen molar-refractivity contribution in [1.82, 2.24) is 0 Å². The second kappa shape index (κ2) is 6.50. The first-order valence-corrected chi connectivity index (χ1v) is 7.17. The normalized spacial score (nSPS) is 13.6. The molecule has 0 saturated carbocycles. The van der Waals surface area contributed by atoms with Crippen molar-refractivity contribution in [3.8, 4) is 11.5 Å². The van der Waals surface area contributed by atoms with Crippen LogP contribution in [0, 0.1) is 0 Å². The van der Waals surface area contributed by atoms with E-state index >= 15 is 0 Å². The Morgan fingerprint density at radius 1 is 0.905 bits per heavy atom. The maximum atomic E-state index is 9.03. The van der Waals surface area contributed by atoms with Gasteiger partial charge in [-0.05, 0) is 23.3 Å². The molecule has 1 aliphatic rings. The Morgan fingerprint density at radius 2 is 1.62 bits per heavy atom. The van der Waals surface area contributed by atoms with E-state index in [4.69, 9.17) is 14.6 Å². The minimum Gasteiger partial charge on any atom is -0.490 e. The molecule has 4 heteroatoms. The predicted octanol–water partition coefficient (Wildman–Crippen LogP) is 2.95. The highest BCUT2D eigenvalue weighted by Gasteiger charge is 2.10. The molecule has 0 atom stereocenters. The minimum absolute atomic E-state index is 0.0792. The van der Waals surface area contributed by atoms with Gasteiger partial charge in [-0.3, -0.25) is 0 Å². The van der Waals surface area contributed by atoms with Gasteiger partial charge in [-0.15, -0.1) is 0 Å². The van der Waals surface area contributed by atoms with Crippen LogP contribution in [0.5, 0.6) is 11.5 Å². The van der Waals surface area contributed by atoms with Crippen molar-refractivity contribution >= 4 is 5.69 Å². The summed E-state index contributed by atoms with van der Waals surface area (Å²) in [6.45, 7) is 2.21. The second-order valence-electron chi connectivity index (χ2n) is 5.04. The van der Waals surface area contributed by atoms with Gasteiger partial charge >= 0.3 is 0 Å². The maximum Gasteiger partial charge on any atom is 0.163 e. The van der Waals surface area contributed by atoms with Crippen LogP contribution in [-0.2, 0) is 13.2 Å². The summed E-state index contributed by atoms with van der Waals surface area (Å²) in [5.41, 5.74) is 3.10. The Kier molecular flexibility index (Phi) is 4.26. The third-order valence-corrected chi connectivity index (χ3v) is 3.45. The number of benzene rings is 2. The van der Waals surface area contributed by atoms with Crippen molar-refractivity contribution in [1.29, 1.82) is 0 Å². The molecule has 0 fully saturated rings. The van der Waals surface area contributed by atoms with E-state index in [1.807, 2.05) is 42.5 Å². The van der Waals surface area contributed by atoms with Crippen molar-refractivity contribution in [2.24, 2.45) is 0 Å². The van der Waals surface area contributed by atoms with Gasteiger partial charge in [-0.2, -0.15) is 0 Å². The number of nitrogens with one attached hydrogen (secondary N) is 1. The molecule has 0 saturated heterocycles. The van der Waals surface area contributed by atoms with Gasteiger partial charge in [0.2, 0.25) is 0 Å². The lowest BCUT2D eigenvalue weighted by atomic mass is 10.1. The van der Waals surface area contributed by atoms with Crippen LogP contribution in [0.15, 0.2) is 42.5 Å². The molecule has 0 radical (unpaired) electrons. The number of hydrogen-bond acceptors (Lipinski definition) is 4. The number of ether oxygens (including phenoxy) is 2. The molecule has 1 heterocycles. The standard InChI is InChI=1S/C17H19NO3/c19-12-14-4-2-13(3-5-14)11-18-15-6-7-16-17(10-15)21-9-1-8-20-16/h2-7,10,18-19H,1,8-9,11-12H2. The van der Waals surface area contributed by atoms with Crippen LogP contribution >= 0.6 is 0 Å². The quantitative estimate of drug-likeness (QED) is 0.907. The molecule has 1 aliphatic heterocycles. The van der Waals surface area contributed by atoms with Crippen molar-refractivity contribution in [2.75, 3.05) is 18.5 Å². The molecule has 0 bridgehead atoms. The lowest BCUT2D eigenvalue weighted by Crippen LogP contribution is -2.00. The molecule has 0 spiro atoms. The molecule has 4 nitrogen and oxygen atoms in total. The Morgan fingerprint density at radius 3 is 2.38 bits per heavy atom. The molecular formula is C17H19NO3. The predicted molar refractivity (Wildman–Crippen MR) is 81.7 cm³/mol. The van der Waals surface area contributed by atoms with Gasteiger partial charge in [0.25, 0.3) is 0 Å². The summed E-state index contributed by atoms with van der Waals surface area (Å²) in [4.78, 5) is 0. The lowest BCUT2D eigenvalue weighted by molar-refractivity contribution is 0.282. The average molecular weight is 285 g/mol. The monoisotopic (exact) mass is 285 g/mol. The summed E-state index contributed by atoms with van der Waals surface area (Å²) in [6, 6.07) is 13.8. The second-order valence-corrected chi connectivity index (χ2v) is 5.04. The number of rotatable bonds is 4. The number of aliphatic hydroxyl groups is 1. The molecule has 3 rings (SSSR count). The first-order chi connectivity index (χ1) is 10.3. The number of fused-ring (bicyclic) bond motifs is 1. The van der Waals surface area contributed by atoms with E-state index < -0.39 is 0 Å². The van der Waals surface area contributed by atoms with Crippen molar-refractivity contribution in [2.45, 2.75) is 19.6 Å². The summed E-state index contributed by atoms with van der Waals surface area (Å²) in [6.07, 6.45) is 0.911. The van der Waals surface area contributed by atoms with Crippen LogP contribution in [0.4, 0.5) is 5.69 Å². The van der Waals surface area contributed by atoms with E-state index in [2.05, 4.69) is 5.32 Å². The van der Waals surface area contributed by atoms with Crippen molar-refractivity contribution in [3.63, 3.8) is 0 Å². The zero-order valence-corrected chi connectivity index (χ0v) is 11.8. The fraction of sp³-hybridized carbons (Fsp3) is 0.294. The summed E-state index contributed by atoms with van der Waals surface area (Å²) < 4.78 is 11.3. The Bertz CT molecular complexity index is 595. The fourth-order valence-electron chi connectivity index (χ4n) is 2.24. The molecule has 0 aromatic heterocycles. The van der Waals surface area contributed by atoms with Crippen LogP contribution in [0.3, 0.4) is 0 Å². The van der Waals surface area contributed by atoms with Crippen molar-refractivity contribution < 1.29 is 14.6 Å². The average Bonchev–Trinajstić information content (AvgIpc) is 2.78.